The summed E-state index contributed by atoms with van der Waals surface area (Å²) in [6, 6.07) is 4.48. The van der Waals surface area contributed by atoms with Crippen LogP contribution in [0.1, 0.15) is 9.88 Å². The molecule has 0 fully saturated rings. The highest BCUT2D eigenvalue weighted by molar-refractivity contribution is 7.89. The Hall–Kier alpha value is -1.64. The van der Waals surface area contributed by atoms with Crippen LogP contribution < -0.4 is 15.2 Å². The van der Waals surface area contributed by atoms with Crippen molar-refractivity contribution in [3.8, 4) is 5.75 Å². The third-order valence-corrected chi connectivity index (χ3v) is 4.89. The van der Waals surface area contributed by atoms with Gasteiger partial charge in [0.1, 0.15) is 15.7 Å². The molecule has 1 aromatic heterocycles. The second-order valence-electron chi connectivity index (χ2n) is 4.10. The van der Waals surface area contributed by atoms with E-state index in [0.717, 1.165) is 4.88 Å². The number of benzene rings is 1. The second kappa shape index (κ2) is 5.78. The number of anilines is 1. The molecule has 0 saturated carbocycles. The molecule has 8 heteroatoms. The Bertz CT molecular complexity index is 710. The summed E-state index contributed by atoms with van der Waals surface area (Å²) in [6.45, 7) is 2.05. The van der Waals surface area contributed by atoms with Crippen LogP contribution in [0, 0.1) is 6.92 Å². The summed E-state index contributed by atoms with van der Waals surface area (Å²) in [5.74, 6) is 0.252. The predicted molar refractivity (Wildman–Crippen MR) is 78.3 cm³/mol. The molecule has 1 aromatic carbocycles. The standard InChI is InChI=1S/C12H15N3O3S2/c1-8-6-14-12(19-8)7-15-20(16,17)11-5-9(13)3-4-10(11)18-2/h3-6,15H,7,13H2,1-2H3. The van der Waals surface area contributed by atoms with Gasteiger partial charge in [0, 0.05) is 16.8 Å². The Morgan fingerprint density at radius 3 is 2.80 bits per heavy atom. The number of thiazole rings is 1. The molecule has 0 aliphatic carbocycles. The highest BCUT2D eigenvalue weighted by Gasteiger charge is 2.20. The number of nitrogen functional groups attached to an aromatic ring is 1. The molecule has 108 valence electrons. The van der Waals surface area contributed by atoms with E-state index in [9.17, 15) is 8.42 Å². The maximum atomic E-state index is 12.3. The number of nitrogens with one attached hydrogen (secondary N) is 1. The van der Waals surface area contributed by atoms with Crippen molar-refractivity contribution < 1.29 is 13.2 Å². The van der Waals surface area contributed by atoms with Crippen LogP contribution in [0.4, 0.5) is 5.69 Å². The van der Waals surface area contributed by atoms with Gasteiger partial charge in [-0.2, -0.15) is 0 Å². The van der Waals surface area contributed by atoms with Crippen molar-refractivity contribution in [1.82, 2.24) is 9.71 Å². The van der Waals surface area contributed by atoms with E-state index in [1.54, 1.807) is 12.3 Å². The fourth-order valence-electron chi connectivity index (χ4n) is 1.62. The lowest BCUT2D eigenvalue weighted by Gasteiger charge is -2.10. The zero-order chi connectivity index (χ0) is 14.8. The van der Waals surface area contributed by atoms with Crippen LogP contribution in [0.3, 0.4) is 0 Å². The number of aromatic nitrogens is 1. The number of hydrogen-bond acceptors (Lipinski definition) is 6. The highest BCUT2D eigenvalue weighted by atomic mass is 32.2. The number of sulfonamides is 1. The Morgan fingerprint density at radius 1 is 1.45 bits per heavy atom. The first-order chi connectivity index (χ1) is 9.42. The van der Waals surface area contributed by atoms with Gasteiger partial charge in [0.15, 0.2) is 0 Å². The maximum absolute atomic E-state index is 12.3. The second-order valence-corrected chi connectivity index (χ2v) is 7.15. The van der Waals surface area contributed by atoms with Crippen molar-refractivity contribution in [3.63, 3.8) is 0 Å². The van der Waals surface area contributed by atoms with Gasteiger partial charge in [-0.15, -0.1) is 11.3 Å². The number of hydrogen-bond donors (Lipinski definition) is 2. The summed E-state index contributed by atoms with van der Waals surface area (Å²) in [6.07, 6.45) is 1.70. The Kier molecular flexibility index (Phi) is 4.26. The van der Waals surface area contributed by atoms with Gasteiger partial charge in [-0.1, -0.05) is 0 Å². The fourth-order valence-corrected chi connectivity index (χ4v) is 3.63. The van der Waals surface area contributed by atoms with Crippen molar-refractivity contribution in [3.05, 3.63) is 34.3 Å². The summed E-state index contributed by atoms with van der Waals surface area (Å²) >= 11 is 1.44. The smallest absolute Gasteiger partial charge is 0.244 e. The average molecular weight is 313 g/mol. The van der Waals surface area contributed by atoms with Crippen LogP contribution in [0.15, 0.2) is 29.3 Å². The van der Waals surface area contributed by atoms with Crippen LogP contribution in [0.2, 0.25) is 0 Å². The minimum Gasteiger partial charge on any atom is -0.495 e. The molecule has 0 bridgehead atoms. The molecule has 0 unspecified atom stereocenters. The molecule has 0 amide bonds. The predicted octanol–water partition coefficient (Wildman–Crippen LogP) is 1.52. The lowest BCUT2D eigenvalue weighted by Crippen LogP contribution is -2.23. The van der Waals surface area contributed by atoms with E-state index in [0.29, 0.717) is 10.7 Å². The molecule has 0 radical (unpaired) electrons. The van der Waals surface area contributed by atoms with Crippen LogP contribution in [-0.4, -0.2) is 20.5 Å². The lowest BCUT2D eigenvalue weighted by molar-refractivity contribution is 0.402. The third-order valence-electron chi connectivity index (χ3n) is 2.56. The van der Waals surface area contributed by atoms with Crippen LogP contribution in [-0.2, 0) is 16.6 Å². The minimum atomic E-state index is -3.70. The van der Waals surface area contributed by atoms with Crippen LogP contribution in [0.25, 0.3) is 0 Å². The van der Waals surface area contributed by atoms with E-state index in [-0.39, 0.29) is 17.2 Å². The number of ether oxygens (including phenoxy) is 1. The molecule has 0 aliphatic heterocycles. The van der Waals surface area contributed by atoms with Crippen molar-refractivity contribution >= 4 is 27.0 Å². The third kappa shape index (κ3) is 3.27. The quantitative estimate of drug-likeness (QED) is 0.816. The number of nitrogens with zero attached hydrogens (tertiary/aromatic N) is 1. The molecule has 0 spiro atoms. The van der Waals surface area contributed by atoms with Gasteiger partial charge in [-0.3, -0.25) is 0 Å². The number of nitrogens with two attached hydrogens (primary N) is 1. The Balaban J connectivity index is 2.24. The number of methoxy groups -OCH3 is 1. The molecule has 1 heterocycles. The molecule has 0 aliphatic rings. The van der Waals surface area contributed by atoms with Gasteiger partial charge in [0.25, 0.3) is 0 Å². The summed E-state index contributed by atoms with van der Waals surface area (Å²) in [7, 11) is -2.29. The minimum absolute atomic E-state index is 0.0216. The first kappa shape index (κ1) is 14.8. The van der Waals surface area contributed by atoms with Gasteiger partial charge in [-0.05, 0) is 25.1 Å². The zero-order valence-electron chi connectivity index (χ0n) is 11.1. The fraction of sp³-hybridized carbons (Fsp3) is 0.250. The summed E-state index contributed by atoms with van der Waals surface area (Å²) in [5.41, 5.74) is 5.99. The van der Waals surface area contributed by atoms with E-state index in [1.807, 2.05) is 6.92 Å². The van der Waals surface area contributed by atoms with Gasteiger partial charge < -0.3 is 10.5 Å². The first-order valence-electron chi connectivity index (χ1n) is 5.77. The van der Waals surface area contributed by atoms with Crippen molar-refractivity contribution in [1.29, 1.82) is 0 Å². The van der Waals surface area contributed by atoms with E-state index >= 15 is 0 Å². The number of rotatable bonds is 5. The SMILES string of the molecule is COc1ccc(N)cc1S(=O)(=O)NCc1ncc(C)s1. The van der Waals surface area contributed by atoms with Gasteiger partial charge in [0.05, 0.1) is 13.7 Å². The van der Waals surface area contributed by atoms with Crippen LogP contribution in [0.5, 0.6) is 5.75 Å². The van der Waals surface area contributed by atoms with Crippen molar-refractivity contribution in [2.75, 3.05) is 12.8 Å². The first-order valence-corrected chi connectivity index (χ1v) is 8.07. The van der Waals surface area contributed by atoms with Gasteiger partial charge >= 0.3 is 0 Å². The molecule has 6 nitrogen and oxygen atoms in total. The average Bonchev–Trinajstić information content (AvgIpc) is 2.82. The van der Waals surface area contributed by atoms with Crippen molar-refractivity contribution in [2.45, 2.75) is 18.4 Å². The van der Waals surface area contributed by atoms with Gasteiger partial charge in [-0.25, -0.2) is 18.1 Å². The topological polar surface area (TPSA) is 94.3 Å². The maximum Gasteiger partial charge on any atom is 0.244 e. The molecule has 0 atom stereocenters. The molecular weight excluding hydrogens is 298 g/mol. The molecule has 2 aromatic rings. The van der Waals surface area contributed by atoms with E-state index in [2.05, 4.69) is 9.71 Å². The summed E-state index contributed by atoms with van der Waals surface area (Å²) in [5, 5.41) is 0.703. The zero-order valence-corrected chi connectivity index (χ0v) is 12.7. The largest absolute Gasteiger partial charge is 0.495 e. The van der Waals surface area contributed by atoms with Crippen molar-refractivity contribution in [2.24, 2.45) is 0 Å². The van der Waals surface area contributed by atoms with E-state index < -0.39 is 10.0 Å². The highest BCUT2D eigenvalue weighted by Crippen LogP contribution is 2.26. The molecule has 20 heavy (non-hydrogen) atoms. The molecule has 2 rings (SSSR count). The van der Waals surface area contributed by atoms with E-state index in [4.69, 9.17) is 10.5 Å². The van der Waals surface area contributed by atoms with Crippen LogP contribution >= 0.6 is 11.3 Å². The lowest BCUT2D eigenvalue weighted by atomic mass is 10.3. The molecular formula is C12H15N3O3S2. The monoisotopic (exact) mass is 313 g/mol. The Morgan fingerprint density at radius 2 is 2.20 bits per heavy atom. The van der Waals surface area contributed by atoms with E-state index in [1.165, 1.54) is 30.6 Å². The normalized spacial score (nSPS) is 11.5. The molecule has 0 saturated heterocycles. The summed E-state index contributed by atoms with van der Waals surface area (Å²) < 4.78 is 32.1. The summed E-state index contributed by atoms with van der Waals surface area (Å²) in [4.78, 5) is 5.16. The van der Waals surface area contributed by atoms with Gasteiger partial charge in [0.2, 0.25) is 10.0 Å². The Labute approximate surface area is 121 Å². The number of aryl methyl sites for hydroxylation is 1. The molecule has 3 N–H and O–H groups in total.